The van der Waals surface area contributed by atoms with E-state index in [1.165, 1.54) is 0 Å². The summed E-state index contributed by atoms with van der Waals surface area (Å²) < 4.78 is 23.1. The molecule has 0 fully saturated rings. The van der Waals surface area contributed by atoms with Crippen molar-refractivity contribution in [2.45, 2.75) is 11.8 Å². The molecule has 0 saturated heterocycles. The Morgan fingerprint density at radius 2 is 1.94 bits per heavy atom. The lowest BCUT2D eigenvalue weighted by Gasteiger charge is -2.01. The van der Waals surface area contributed by atoms with Crippen molar-refractivity contribution in [3.05, 3.63) is 24.3 Å². The van der Waals surface area contributed by atoms with Crippen LogP contribution in [0, 0.1) is 0 Å². The highest BCUT2D eigenvalue weighted by Crippen LogP contribution is 2.17. The van der Waals surface area contributed by atoms with Crippen LogP contribution >= 0.6 is 0 Å². The predicted octanol–water partition coefficient (Wildman–Crippen LogP) is 0.660. The number of aromatic nitrogens is 4. The molecule has 0 spiro atoms. The molecule has 1 aromatic heterocycles. The zero-order chi connectivity index (χ0) is 11.6. The molecule has 1 N–H and O–H groups in total. The molecule has 0 aliphatic rings. The summed E-state index contributed by atoms with van der Waals surface area (Å²) in [6.07, 6.45) is 0. The molecule has 2 rings (SSSR count). The van der Waals surface area contributed by atoms with Crippen LogP contribution in [0.25, 0.3) is 11.4 Å². The summed E-state index contributed by atoms with van der Waals surface area (Å²) in [5, 5.41) is 13.4. The maximum absolute atomic E-state index is 11.5. The van der Waals surface area contributed by atoms with Gasteiger partial charge < -0.3 is 0 Å². The fourth-order valence-corrected chi connectivity index (χ4v) is 2.15. The van der Waals surface area contributed by atoms with Crippen molar-refractivity contribution in [3.8, 4) is 11.4 Å². The number of rotatable bonds is 3. The van der Waals surface area contributed by atoms with Gasteiger partial charge in [-0.05, 0) is 29.5 Å². The summed E-state index contributed by atoms with van der Waals surface area (Å²) in [7, 11) is -3.15. The molecule has 0 amide bonds. The minimum absolute atomic E-state index is 0.0918. The third-order valence-corrected chi connectivity index (χ3v) is 3.95. The van der Waals surface area contributed by atoms with Crippen LogP contribution in [0.15, 0.2) is 29.2 Å². The van der Waals surface area contributed by atoms with Gasteiger partial charge >= 0.3 is 0 Å². The Hall–Kier alpha value is -1.76. The van der Waals surface area contributed by atoms with E-state index < -0.39 is 9.84 Å². The number of hydrogen-bond acceptors (Lipinski definition) is 5. The van der Waals surface area contributed by atoms with Crippen LogP contribution < -0.4 is 0 Å². The van der Waals surface area contributed by atoms with Gasteiger partial charge in [0.1, 0.15) is 0 Å². The summed E-state index contributed by atoms with van der Waals surface area (Å²) >= 11 is 0. The third kappa shape index (κ3) is 1.94. The highest BCUT2D eigenvalue weighted by atomic mass is 32.2. The number of tetrazole rings is 1. The molecule has 0 aliphatic carbocycles. The van der Waals surface area contributed by atoms with Gasteiger partial charge in [0, 0.05) is 5.56 Å². The second kappa shape index (κ2) is 4.01. The Labute approximate surface area is 92.6 Å². The molecule has 16 heavy (non-hydrogen) atoms. The summed E-state index contributed by atoms with van der Waals surface area (Å²) in [5.74, 6) is 0.537. The molecular formula is C9H10N4O2S. The maximum atomic E-state index is 11.5. The van der Waals surface area contributed by atoms with Crippen LogP contribution in [0.3, 0.4) is 0 Å². The molecule has 0 aliphatic heterocycles. The summed E-state index contributed by atoms with van der Waals surface area (Å²) in [6, 6.07) is 6.41. The van der Waals surface area contributed by atoms with Gasteiger partial charge in [-0.25, -0.2) is 8.42 Å². The Balaban J connectivity index is 2.38. The van der Waals surface area contributed by atoms with E-state index in [0.29, 0.717) is 10.7 Å². The minimum atomic E-state index is -3.15. The van der Waals surface area contributed by atoms with E-state index in [0.717, 1.165) is 5.56 Å². The molecule has 7 heteroatoms. The molecule has 0 bridgehead atoms. The van der Waals surface area contributed by atoms with Crippen molar-refractivity contribution in [2.75, 3.05) is 5.75 Å². The topological polar surface area (TPSA) is 88.6 Å². The summed E-state index contributed by atoms with van der Waals surface area (Å²) in [6.45, 7) is 1.61. The lowest BCUT2D eigenvalue weighted by Crippen LogP contribution is -2.03. The second-order valence-corrected chi connectivity index (χ2v) is 5.44. The zero-order valence-corrected chi connectivity index (χ0v) is 9.40. The molecule has 0 radical (unpaired) electrons. The number of aromatic amines is 1. The fraction of sp³-hybridized carbons (Fsp3) is 0.222. The molecule has 2 aromatic rings. The number of nitrogens with zero attached hydrogens (tertiary/aromatic N) is 3. The van der Waals surface area contributed by atoms with Crippen LogP contribution in [-0.2, 0) is 9.84 Å². The van der Waals surface area contributed by atoms with Crippen LogP contribution in [0.2, 0.25) is 0 Å². The first kappa shape index (κ1) is 10.7. The van der Waals surface area contributed by atoms with Crippen LogP contribution in [-0.4, -0.2) is 34.8 Å². The van der Waals surface area contributed by atoms with Gasteiger partial charge in [0.15, 0.2) is 9.84 Å². The van der Waals surface area contributed by atoms with E-state index in [9.17, 15) is 8.42 Å². The highest BCUT2D eigenvalue weighted by molar-refractivity contribution is 7.91. The van der Waals surface area contributed by atoms with E-state index in [2.05, 4.69) is 20.6 Å². The summed E-state index contributed by atoms with van der Waals surface area (Å²) in [4.78, 5) is 0.308. The van der Waals surface area contributed by atoms with Gasteiger partial charge in [-0.15, -0.1) is 10.2 Å². The molecular weight excluding hydrogens is 228 g/mol. The van der Waals surface area contributed by atoms with E-state index in [4.69, 9.17) is 0 Å². The molecule has 0 saturated carbocycles. The molecule has 6 nitrogen and oxygen atoms in total. The average Bonchev–Trinajstić information content (AvgIpc) is 2.83. The van der Waals surface area contributed by atoms with Crippen molar-refractivity contribution < 1.29 is 8.42 Å². The third-order valence-electron chi connectivity index (χ3n) is 2.20. The smallest absolute Gasteiger partial charge is 0.204 e. The monoisotopic (exact) mass is 238 g/mol. The molecule has 1 aromatic carbocycles. The van der Waals surface area contributed by atoms with Crippen LogP contribution in [0.4, 0.5) is 0 Å². The molecule has 1 heterocycles. The first-order valence-electron chi connectivity index (χ1n) is 4.70. The van der Waals surface area contributed by atoms with E-state index in [1.54, 1.807) is 31.2 Å². The van der Waals surface area contributed by atoms with E-state index in [-0.39, 0.29) is 5.75 Å². The van der Waals surface area contributed by atoms with Crippen LogP contribution in [0.1, 0.15) is 6.92 Å². The van der Waals surface area contributed by atoms with Crippen molar-refractivity contribution in [1.82, 2.24) is 20.6 Å². The number of nitrogens with one attached hydrogen (secondary N) is 1. The van der Waals surface area contributed by atoms with Gasteiger partial charge in [0.05, 0.1) is 10.6 Å². The quantitative estimate of drug-likeness (QED) is 0.848. The Bertz CT molecular complexity index is 560. The number of H-pyrrole nitrogens is 1. The predicted molar refractivity (Wildman–Crippen MR) is 57.3 cm³/mol. The first-order chi connectivity index (χ1) is 7.63. The lowest BCUT2D eigenvalue weighted by atomic mass is 10.2. The fourth-order valence-electron chi connectivity index (χ4n) is 1.26. The number of sulfone groups is 1. The largest absolute Gasteiger partial charge is 0.224 e. The van der Waals surface area contributed by atoms with Crippen molar-refractivity contribution in [3.63, 3.8) is 0 Å². The average molecular weight is 238 g/mol. The van der Waals surface area contributed by atoms with Crippen LogP contribution in [0.5, 0.6) is 0 Å². The number of hydrogen-bond donors (Lipinski definition) is 1. The van der Waals surface area contributed by atoms with Crippen molar-refractivity contribution in [2.24, 2.45) is 0 Å². The lowest BCUT2D eigenvalue weighted by molar-refractivity contribution is 0.597. The molecule has 0 unspecified atom stereocenters. The summed E-state index contributed by atoms with van der Waals surface area (Å²) in [5.41, 5.74) is 0.726. The van der Waals surface area contributed by atoms with E-state index in [1.807, 2.05) is 0 Å². The van der Waals surface area contributed by atoms with Gasteiger partial charge in [-0.2, -0.15) is 5.21 Å². The standard InChI is InChI=1S/C9H10N4O2S/c1-2-16(14,15)8-5-3-7(4-6-8)9-10-12-13-11-9/h3-6H,2H2,1H3,(H,10,11,12,13). The second-order valence-electron chi connectivity index (χ2n) is 3.16. The van der Waals surface area contributed by atoms with Gasteiger partial charge in [0.2, 0.25) is 5.82 Å². The van der Waals surface area contributed by atoms with Crippen molar-refractivity contribution >= 4 is 9.84 Å². The zero-order valence-electron chi connectivity index (χ0n) is 8.58. The van der Waals surface area contributed by atoms with Gasteiger partial charge in [-0.3, -0.25) is 0 Å². The number of benzene rings is 1. The molecule has 0 atom stereocenters. The molecule has 84 valence electrons. The van der Waals surface area contributed by atoms with E-state index >= 15 is 0 Å². The Kier molecular flexibility index (Phi) is 2.69. The highest BCUT2D eigenvalue weighted by Gasteiger charge is 2.11. The Morgan fingerprint density at radius 1 is 1.25 bits per heavy atom. The van der Waals surface area contributed by atoms with Gasteiger partial charge in [0.25, 0.3) is 0 Å². The first-order valence-corrected chi connectivity index (χ1v) is 6.35. The maximum Gasteiger partial charge on any atom is 0.204 e. The Morgan fingerprint density at radius 3 is 2.44 bits per heavy atom. The van der Waals surface area contributed by atoms with Gasteiger partial charge in [-0.1, -0.05) is 6.92 Å². The normalized spacial score (nSPS) is 11.6. The van der Waals surface area contributed by atoms with Crippen molar-refractivity contribution in [1.29, 1.82) is 0 Å². The SMILES string of the molecule is CCS(=O)(=O)c1ccc(-c2nn[nH]n2)cc1. The minimum Gasteiger partial charge on any atom is -0.224 e.